The van der Waals surface area contributed by atoms with Gasteiger partial charge in [0.25, 0.3) is 0 Å². The number of piperidine rings is 1. The summed E-state index contributed by atoms with van der Waals surface area (Å²) in [6, 6.07) is 11.5. The first-order valence-corrected chi connectivity index (χ1v) is 7.32. The minimum atomic E-state index is -0.146. The zero-order valence-corrected chi connectivity index (χ0v) is 12.1. The molecule has 6 nitrogen and oxygen atoms in total. The van der Waals surface area contributed by atoms with Crippen LogP contribution in [0.25, 0.3) is 5.69 Å². The van der Waals surface area contributed by atoms with Gasteiger partial charge < -0.3 is 10.2 Å². The molecule has 112 valence electrons. The summed E-state index contributed by atoms with van der Waals surface area (Å²) in [5.41, 5.74) is 1.67. The van der Waals surface area contributed by atoms with Crippen molar-refractivity contribution in [2.24, 2.45) is 5.92 Å². The molecule has 2 aromatic rings. The average molecular weight is 295 g/mol. The van der Waals surface area contributed by atoms with Crippen LogP contribution >= 0.6 is 0 Å². The van der Waals surface area contributed by atoms with E-state index in [-0.39, 0.29) is 11.9 Å². The number of benzene rings is 1. The summed E-state index contributed by atoms with van der Waals surface area (Å²) in [5.74, 6) is -0.0540. The summed E-state index contributed by atoms with van der Waals surface area (Å²) in [6.45, 7) is 1.21. The molecule has 1 N–H and O–H groups in total. The van der Waals surface area contributed by atoms with Gasteiger partial charge >= 0.3 is 6.03 Å². The number of hydrogen-bond acceptors (Lipinski definition) is 3. The van der Waals surface area contributed by atoms with Crippen molar-refractivity contribution in [3.8, 4) is 11.8 Å². The molecule has 0 unspecified atom stereocenters. The van der Waals surface area contributed by atoms with E-state index in [2.05, 4.69) is 16.5 Å². The fourth-order valence-electron chi connectivity index (χ4n) is 2.59. The Bertz CT molecular complexity index is 672. The lowest BCUT2D eigenvalue weighted by molar-refractivity contribution is 0.189. The van der Waals surface area contributed by atoms with Gasteiger partial charge in [0.15, 0.2) is 0 Å². The van der Waals surface area contributed by atoms with Crippen LogP contribution in [0, 0.1) is 17.2 Å². The third-order valence-corrected chi connectivity index (χ3v) is 3.78. The average Bonchev–Trinajstić information content (AvgIpc) is 3.10. The maximum absolute atomic E-state index is 12.2. The number of likely N-dealkylation sites (tertiary alicyclic amines) is 1. The van der Waals surface area contributed by atoms with Crippen LogP contribution < -0.4 is 5.32 Å². The second-order valence-corrected chi connectivity index (χ2v) is 5.34. The summed E-state index contributed by atoms with van der Waals surface area (Å²) >= 11 is 0. The van der Waals surface area contributed by atoms with Crippen molar-refractivity contribution in [2.75, 3.05) is 18.4 Å². The van der Waals surface area contributed by atoms with Gasteiger partial charge in [-0.25, -0.2) is 9.48 Å². The topological polar surface area (TPSA) is 74.0 Å². The largest absolute Gasteiger partial charge is 0.323 e. The van der Waals surface area contributed by atoms with Gasteiger partial charge in [-0.15, -0.1) is 0 Å². The lowest BCUT2D eigenvalue weighted by Gasteiger charge is -2.29. The molecule has 2 heterocycles. The highest BCUT2D eigenvalue weighted by Gasteiger charge is 2.23. The number of carbonyl (C=O) groups excluding carboxylic acids is 1. The molecule has 1 aliphatic heterocycles. The van der Waals surface area contributed by atoms with Gasteiger partial charge in [-0.05, 0) is 43.2 Å². The van der Waals surface area contributed by atoms with Crippen molar-refractivity contribution in [1.82, 2.24) is 14.7 Å². The summed E-state index contributed by atoms with van der Waals surface area (Å²) in [5, 5.41) is 16.0. The van der Waals surface area contributed by atoms with E-state index in [9.17, 15) is 4.79 Å². The number of amides is 2. The number of urea groups is 1. The van der Waals surface area contributed by atoms with Crippen molar-refractivity contribution in [3.63, 3.8) is 0 Å². The number of hydrogen-bond donors (Lipinski definition) is 1. The number of nitriles is 1. The molecule has 1 fully saturated rings. The smallest absolute Gasteiger partial charge is 0.321 e. The predicted octanol–water partition coefficient (Wildman–Crippen LogP) is 2.64. The number of rotatable bonds is 2. The van der Waals surface area contributed by atoms with E-state index in [1.54, 1.807) is 15.8 Å². The number of aromatic nitrogens is 2. The zero-order chi connectivity index (χ0) is 15.4. The van der Waals surface area contributed by atoms with Crippen molar-refractivity contribution in [2.45, 2.75) is 12.8 Å². The van der Waals surface area contributed by atoms with E-state index < -0.39 is 0 Å². The van der Waals surface area contributed by atoms with Crippen LogP contribution in [-0.2, 0) is 0 Å². The van der Waals surface area contributed by atoms with Crippen molar-refractivity contribution >= 4 is 11.7 Å². The number of nitrogens with zero attached hydrogens (tertiary/aromatic N) is 4. The molecule has 3 rings (SSSR count). The van der Waals surface area contributed by atoms with E-state index in [0.29, 0.717) is 13.1 Å². The van der Waals surface area contributed by atoms with Gasteiger partial charge in [0.05, 0.1) is 17.7 Å². The fourth-order valence-corrected chi connectivity index (χ4v) is 2.59. The second-order valence-electron chi connectivity index (χ2n) is 5.34. The first kappa shape index (κ1) is 14.1. The Balaban J connectivity index is 1.63. The van der Waals surface area contributed by atoms with Crippen LogP contribution in [0.5, 0.6) is 0 Å². The van der Waals surface area contributed by atoms with Crippen LogP contribution in [0.15, 0.2) is 42.7 Å². The number of nitrogens with one attached hydrogen (secondary N) is 1. The molecule has 0 radical (unpaired) electrons. The minimum Gasteiger partial charge on any atom is -0.323 e. The molecule has 1 saturated heterocycles. The molecule has 1 aliphatic rings. The summed E-state index contributed by atoms with van der Waals surface area (Å²) in [4.78, 5) is 13.9. The zero-order valence-electron chi connectivity index (χ0n) is 12.1. The summed E-state index contributed by atoms with van der Waals surface area (Å²) < 4.78 is 1.76. The van der Waals surface area contributed by atoms with Gasteiger partial charge in [0.1, 0.15) is 0 Å². The van der Waals surface area contributed by atoms with Crippen molar-refractivity contribution in [1.29, 1.82) is 5.26 Å². The Morgan fingerprint density at radius 3 is 2.86 bits per heavy atom. The standard InChI is InChI=1S/C16H17N5O/c17-11-13-3-1-9-20(12-13)16(22)19-14-4-6-15(7-5-14)21-10-2-8-18-21/h2,4-8,10,13H,1,3,9,12H2,(H,19,22)/t13-/m1/s1. The van der Waals surface area contributed by atoms with Crippen LogP contribution in [0.2, 0.25) is 0 Å². The summed E-state index contributed by atoms with van der Waals surface area (Å²) in [7, 11) is 0. The highest BCUT2D eigenvalue weighted by atomic mass is 16.2. The Kier molecular flexibility index (Phi) is 4.05. The van der Waals surface area contributed by atoms with Crippen LogP contribution in [0.4, 0.5) is 10.5 Å². The maximum Gasteiger partial charge on any atom is 0.321 e. The van der Waals surface area contributed by atoms with Crippen molar-refractivity contribution < 1.29 is 4.79 Å². The molecule has 6 heteroatoms. The first-order chi connectivity index (χ1) is 10.8. The highest BCUT2D eigenvalue weighted by Crippen LogP contribution is 2.18. The SMILES string of the molecule is N#C[C@H]1CCCN(C(=O)Nc2ccc(-n3cccn3)cc2)C1. The highest BCUT2D eigenvalue weighted by molar-refractivity contribution is 5.89. The Morgan fingerprint density at radius 1 is 1.36 bits per heavy atom. The van der Waals surface area contributed by atoms with Crippen LogP contribution in [0.3, 0.4) is 0 Å². The second kappa shape index (κ2) is 6.31. The van der Waals surface area contributed by atoms with Gasteiger partial charge in [-0.3, -0.25) is 0 Å². The fraction of sp³-hybridized carbons (Fsp3) is 0.312. The molecule has 1 aromatic carbocycles. The van der Waals surface area contributed by atoms with E-state index in [0.717, 1.165) is 24.2 Å². The molecular formula is C16H17N5O. The van der Waals surface area contributed by atoms with Crippen LogP contribution in [0.1, 0.15) is 12.8 Å². The maximum atomic E-state index is 12.2. The van der Waals surface area contributed by atoms with E-state index in [1.807, 2.05) is 36.5 Å². The Hall–Kier alpha value is -2.81. The van der Waals surface area contributed by atoms with Gasteiger partial charge in [0.2, 0.25) is 0 Å². The molecule has 0 bridgehead atoms. The first-order valence-electron chi connectivity index (χ1n) is 7.32. The predicted molar refractivity (Wildman–Crippen MR) is 82.5 cm³/mol. The molecule has 22 heavy (non-hydrogen) atoms. The van der Waals surface area contributed by atoms with Gasteiger partial charge in [-0.2, -0.15) is 10.4 Å². The lowest BCUT2D eigenvalue weighted by atomic mass is 10.0. The van der Waals surface area contributed by atoms with Gasteiger partial charge in [0, 0.05) is 31.2 Å². The van der Waals surface area contributed by atoms with Crippen LogP contribution in [-0.4, -0.2) is 33.8 Å². The molecule has 1 atom stereocenters. The lowest BCUT2D eigenvalue weighted by Crippen LogP contribution is -2.42. The molecule has 2 amide bonds. The Labute approximate surface area is 129 Å². The molecule has 0 aliphatic carbocycles. The molecule has 0 spiro atoms. The van der Waals surface area contributed by atoms with E-state index >= 15 is 0 Å². The quantitative estimate of drug-likeness (QED) is 0.925. The third-order valence-electron chi connectivity index (χ3n) is 3.78. The molecular weight excluding hydrogens is 278 g/mol. The normalized spacial score (nSPS) is 17.8. The Morgan fingerprint density at radius 2 is 2.18 bits per heavy atom. The van der Waals surface area contributed by atoms with Gasteiger partial charge in [-0.1, -0.05) is 0 Å². The van der Waals surface area contributed by atoms with E-state index in [4.69, 9.17) is 5.26 Å². The van der Waals surface area contributed by atoms with E-state index in [1.165, 1.54) is 0 Å². The minimum absolute atomic E-state index is 0.0540. The number of anilines is 1. The third kappa shape index (κ3) is 3.09. The monoisotopic (exact) mass is 295 g/mol. The molecule has 0 saturated carbocycles. The molecule has 1 aromatic heterocycles. The number of carbonyl (C=O) groups is 1. The summed E-state index contributed by atoms with van der Waals surface area (Å²) in [6.07, 6.45) is 5.34. The van der Waals surface area contributed by atoms with Crippen molar-refractivity contribution in [3.05, 3.63) is 42.7 Å².